The normalized spacial score (nSPS) is 13.0. The topological polar surface area (TPSA) is 63.6 Å². The molecule has 0 aliphatic heterocycles. The van der Waals surface area contributed by atoms with Crippen molar-refractivity contribution >= 4 is 11.8 Å². The molecule has 0 saturated heterocycles. The maximum atomic E-state index is 12.5. The highest BCUT2D eigenvalue weighted by Crippen LogP contribution is 2.41. The zero-order chi connectivity index (χ0) is 23.6. The number of rotatable bonds is 8. The van der Waals surface area contributed by atoms with Crippen molar-refractivity contribution in [2.75, 3.05) is 0 Å². The molecular formula is C27H36O4. The number of aryl methyl sites for hydroxylation is 2. The average Bonchev–Trinajstić information content (AvgIpc) is 2.69. The number of ether oxygens (including phenoxy) is 1. The Morgan fingerprint density at radius 1 is 0.935 bits per heavy atom. The Labute approximate surface area is 186 Å². The molecule has 4 nitrogen and oxygen atoms in total. The molecule has 0 aliphatic carbocycles. The van der Waals surface area contributed by atoms with Gasteiger partial charge in [0.1, 0.15) is 5.75 Å². The van der Waals surface area contributed by atoms with Crippen molar-refractivity contribution in [3.05, 3.63) is 64.2 Å². The van der Waals surface area contributed by atoms with E-state index < -0.39 is 17.5 Å². The third-order valence-electron chi connectivity index (χ3n) is 6.36. The van der Waals surface area contributed by atoms with Crippen LogP contribution in [0.3, 0.4) is 0 Å². The van der Waals surface area contributed by atoms with Crippen LogP contribution in [0, 0.1) is 19.3 Å². The summed E-state index contributed by atoms with van der Waals surface area (Å²) in [6.07, 6.45) is 1.25. The Balaban J connectivity index is 2.45. The van der Waals surface area contributed by atoms with Gasteiger partial charge >= 0.3 is 5.97 Å². The summed E-state index contributed by atoms with van der Waals surface area (Å²) in [6, 6.07) is 11.8. The molecule has 1 N–H and O–H groups in total. The third-order valence-corrected chi connectivity index (χ3v) is 6.36. The number of benzene rings is 2. The number of carboxylic acids is 1. The van der Waals surface area contributed by atoms with Crippen LogP contribution in [0.25, 0.3) is 0 Å². The van der Waals surface area contributed by atoms with Crippen LogP contribution in [-0.2, 0) is 10.2 Å². The number of aromatic carboxylic acids is 1. The third kappa shape index (κ3) is 5.00. The van der Waals surface area contributed by atoms with Crippen LogP contribution in [0.15, 0.2) is 36.4 Å². The van der Waals surface area contributed by atoms with E-state index >= 15 is 0 Å². The molecule has 4 heteroatoms. The van der Waals surface area contributed by atoms with Crippen molar-refractivity contribution in [3.63, 3.8) is 0 Å². The lowest BCUT2D eigenvalue weighted by atomic mass is 9.70. The molecule has 1 unspecified atom stereocenters. The van der Waals surface area contributed by atoms with Gasteiger partial charge in [-0.2, -0.15) is 0 Å². The van der Waals surface area contributed by atoms with Gasteiger partial charge in [-0.15, -0.1) is 0 Å². The first-order valence-electron chi connectivity index (χ1n) is 11.0. The SMILES string of the molecule is CCC(CC)(c1ccc(OC(C)C(=O)C(C)(C)C)c(C)c1)c1ccc(C(=O)O)c(C)c1. The van der Waals surface area contributed by atoms with Crippen molar-refractivity contribution in [1.82, 2.24) is 0 Å². The quantitative estimate of drug-likeness (QED) is 0.526. The van der Waals surface area contributed by atoms with Crippen molar-refractivity contribution in [2.45, 2.75) is 79.8 Å². The van der Waals surface area contributed by atoms with Crippen molar-refractivity contribution in [2.24, 2.45) is 5.41 Å². The van der Waals surface area contributed by atoms with Gasteiger partial charge in [0, 0.05) is 10.8 Å². The molecule has 0 saturated carbocycles. The molecule has 0 bridgehead atoms. The fraction of sp³-hybridized carbons (Fsp3) is 0.481. The molecule has 31 heavy (non-hydrogen) atoms. The highest BCUT2D eigenvalue weighted by Gasteiger charge is 2.32. The van der Waals surface area contributed by atoms with Gasteiger partial charge in [0.15, 0.2) is 11.9 Å². The molecule has 2 rings (SSSR count). The van der Waals surface area contributed by atoms with E-state index in [0.29, 0.717) is 11.3 Å². The summed E-state index contributed by atoms with van der Waals surface area (Å²) in [7, 11) is 0. The van der Waals surface area contributed by atoms with Gasteiger partial charge in [0.05, 0.1) is 5.56 Å². The second-order valence-corrected chi connectivity index (χ2v) is 9.48. The highest BCUT2D eigenvalue weighted by atomic mass is 16.5. The van der Waals surface area contributed by atoms with Gasteiger partial charge in [0.2, 0.25) is 0 Å². The standard InChI is InChI=1S/C27H36O4/c1-9-27(10-2,20-11-13-22(25(29)30)17(3)15-20)21-12-14-23(18(4)16-21)31-19(5)24(28)26(6,7)8/h11-16,19H,9-10H2,1-8H3,(H,29,30). The zero-order valence-electron chi connectivity index (χ0n) is 20.1. The smallest absolute Gasteiger partial charge is 0.335 e. The van der Waals surface area contributed by atoms with Crippen LogP contribution < -0.4 is 4.74 Å². The largest absolute Gasteiger partial charge is 0.483 e. The molecule has 168 valence electrons. The average molecular weight is 425 g/mol. The summed E-state index contributed by atoms with van der Waals surface area (Å²) < 4.78 is 6.02. The lowest BCUT2D eigenvalue weighted by molar-refractivity contribution is -0.132. The van der Waals surface area contributed by atoms with Crippen LogP contribution >= 0.6 is 0 Å². The molecule has 2 aromatic carbocycles. The molecule has 0 fully saturated rings. The van der Waals surface area contributed by atoms with Crippen molar-refractivity contribution in [1.29, 1.82) is 0 Å². The summed E-state index contributed by atoms with van der Waals surface area (Å²) in [6.45, 7) is 15.7. The molecule has 0 spiro atoms. The fourth-order valence-electron chi connectivity index (χ4n) is 4.37. The van der Waals surface area contributed by atoms with Crippen LogP contribution in [0.4, 0.5) is 0 Å². The van der Waals surface area contributed by atoms with E-state index in [1.807, 2.05) is 52.8 Å². The van der Waals surface area contributed by atoms with Gasteiger partial charge in [0.25, 0.3) is 0 Å². The van der Waals surface area contributed by atoms with Crippen LogP contribution in [0.5, 0.6) is 5.75 Å². The van der Waals surface area contributed by atoms with Gasteiger partial charge in [-0.3, -0.25) is 4.79 Å². The van der Waals surface area contributed by atoms with Crippen LogP contribution in [0.2, 0.25) is 0 Å². The molecule has 0 radical (unpaired) electrons. The maximum absolute atomic E-state index is 12.5. The number of carbonyl (C=O) groups is 2. The minimum atomic E-state index is -0.904. The number of ketones is 1. The highest BCUT2D eigenvalue weighted by molar-refractivity contribution is 5.89. The minimum Gasteiger partial charge on any atom is -0.483 e. The van der Waals surface area contributed by atoms with Crippen molar-refractivity contribution < 1.29 is 19.4 Å². The molecule has 0 aromatic heterocycles. The number of hydrogen-bond acceptors (Lipinski definition) is 3. The predicted octanol–water partition coefficient (Wildman–Crippen LogP) is 6.49. The molecular weight excluding hydrogens is 388 g/mol. The lowest BCUT2D eigenvalue weighted by Crippen LogP contribution is -2.34. The summed E-state index contributed by atoms with van der Waals surface area (Å²) >= 11 is 0. The Morgan fingerprint density at radius 3 is 1.87 bits per heavy atom. The van der Waals surface area contributed by atoms with E-state index in [1.54, 1.807) is 13.0 Å². The van der Waals surface area contributed by atoms with E-state index in [0.717, 1.165) is 29.5 Å². The minimum absolute atomic E-state index is 0.0708. The molecule has 0 amide bonds. The van der Waals surface area contributed by atoms with Gasteiger partial charge in [-0.05, 0) is 68.0 Å². The Bertz CT molecular complexity index is 962. The predicted molar refractivity (Wildman–Crippen MR) is 125 cm³/mol. The fourth-order valence-corrected chi connectivity index (χ4v) is 4.37. The first kappa shape index (κ1) is 24.6. The Kier molecular flexibility index (Phi) is 7.36. The molecule has 0 heterocycles. The van der Waals surface area contributed by atoms with Gasteiger partial charge in [-0.25, -0.2) is 4.79 Å². The first-order valence-corrected chi connectivity index (χ1v) is 11.0. The van der Waals surface area contributed by atoms with Crippen LogP contribution in [-0.4, -0.2) is 23.0 Å². The lowest BCUT2D eigenvalue weighted by Gasteiger charge is -2.34. The number of hydrogen-bond donors (Lipinski definition) is 1. The number of carbonyl (C=O) groups excluding carboxylic acids is 1. The van der Waals surface area contributed by atoms with E-state index in [1.165, 1.54) is 5.56 Å². The second-order valence-electron chi connectivity index (χ2n) is 9.48. The van der Waals surface area contributed by atoms with E-state index in [-0.39, 0.29) is 11.2 Å². The van der Waals surface area contributed by atoms with Crippen molar-refractivity contribution in [3.8, 4) is 5.75 Å². The molecule has 0 aliphatic rings. The zero-order valence-corrected chi connectivity index (χ0v) is 20.1. The van der Waals surface area contributed by atoms with E-state index in [9.17, 15) is 14.7 Å². The summed E-state index contributed by atoms with van der Waals surface area (Å²) in [5.41, 5.74) is 3.69. The summed E-state index contributed by atoms with van der Waals surface area (Å²) in [5, 5.41) is 9.38. The van der Waals surface area contributed by atoms with Gasteiger partial charge < -0.3 is 9.84 Å². The monoisotopic (exact) mass is 424 g/mol. The first-order chi connectivity index (χ1) is 14.4. The summed E-state index contributed by atoms with van der Waals surface area (Å²) in [4.78, 5) is 24.0. The van der Waals surface area contributed by atoms with E-state index in [4.69, 9.17) is 4.74 Å². The number of Topliss-reactive ketones (excluding diaryl/α,β-unsaturated/α-hetero) is 1. The maximum Gasteiger partial charge on any atom is 0.335 e. The number of carboxylic acid groups (broad SMARTS) is 1. The summed E-state index contributed by atoms with van der Waals surface area (Å²) in [5.74, 6) is -0.118. The molecule has 1 atom stereocenters. The Morgan fingerprint density at radius 2 is 1.45 bits per heavy atom. The second kappa shape index (κ2) is 9.25. The van der Waals surface area contributed by atoms with E-state index in [2.05, 4.69) is 26.0 Å². The van der Waals surface area contributed by atoms with Crippen LogP contribution in [0.1, 0.15) is 87.0 Å². The van der Waals surface area contributed by atoms with Gasteiger partial charge in [-0.1, -0.05) is 58.9 Å². The Hall–Kier alpha value is -2.62. The molecule has 2 aromatic rings.